The van der Waals surface area contributed by atoms with E-state index in [0.29, 0.717) is 18.9 Å². The molecule has 0 spiro atoms. The number of allylic oxidation sites excluding steroid dienone is 6. The Labute approximate surface area is 179 Å². The molecule has 4 nitrogen and oxygen atoms in total. The molecule has 0 saturated carbocycles. The summed E-state index contributed by atoms with van der Waals surface area (Å²) in [7, 11) is 0. The second-order valence-corrected chi connectivity index (χ2v) is 7.52. The van der Waals surface area contributed by atoms with E-state index in [1.54, 1.807) is 0 Å². The summed E-state index contributed by atoms with van der Waals surface area (Å²) in [5.41, 5.74) is 0. The summed E-state index contributed by atoms with van der Waals surface area (Å²) in [6, 6.07) is 0. The van der Waals surface area contributed by atoms with E-state index in [2.05, 4.69) is 57.2 Å². The molecule has 0 fully saturated rings. The maximum atomic E-state index is 10.3. The molecular weight excluding hydrogens is 364 g/mol. The van der Waals surface area contributed by atoms with Crippen LogP contribution in [0.5, 0.6) is 0 Å². The van der Waals surface area contributed by atoms with Gasteiger partial charge in [-0.15, -0.1) is 0 Å². The van der Waals surface area contributed by atoms with Crippen LogP contribution in [0.2, 0.25) is 0 Å². The molecule has 0 aromatic heterocycles. The van der Waals surface area contributed by atoms with Crippen molar-refractivity contribution < 1.29 is 19.4 Å². The van der Waals surface area contributed by atoms with Crippen LogP contribution in [-0.4, -0.2) is 23.7 Å². The Hall–Kier alpha value is -1.84. The lowest BCUT2D eigenvalue weighted by Crippen LogP contribution is -2.02. The van der Waals surface area contributed by atoms with Crippen LogP contribution in [0.25, 0.3) is 0 Å². The highest BCUT2D eigenvalue weighted by Gasteiger charge is 1.96. The molecule has 0 bridgehead atoms. The van der Waals surface area contributed by atoms with Gasteiger partial charge in [-0.1, -0.05) is 76.5 Å². The average molecular weight is 409 g/mol. The number of esters is 1. The van der Waals surface area contributed by atoms with Crippen molar-refractivity contribution in [3.8, 4) is 0 Å². The van der Waals surface area contributed by atoms with Gasteiger partial charge in [0.2, 0.25) is 0 Å². The molecule has 0 amide bonds. The van der Waals surface area contributed by atoms with Crippen molar-refractivity contribution in [2.75, 3.05) is 6.61 Å². The fraction of sp³-hybridized carbons (Fsp3) is 0.680. The Bertz CT molecular complexity index is 461. The van der Waals surface area contributed by atoms with Crippen molar-refractivity contribution in [1.82, 2.24) is 0 Å². The first-order valence-corrected chi connectivity index (χ1v) is 11.2. The number of carbonyl (C=O) groups excluding carboxylic acids is 1. The van der Waals surface area contributed by atoms with E-state index >= 15 is 0 Å². The third-order valence-corrected chi connectivity index (χ3v) is 4.04. The minimum atomic E-state index is -0.675. The van der Waals surface area contributed by atoms with Crippen molar-refractivity contribution in [3.63, 3.8) is 0 Å². The number of hydrogen-bond acceptors (Lipinski definition) is 3. The van der Waals surface area contributed by atoms with Crippen LogP contribution in [0.1, 0.15) is 98.3 Å². The molecule has 29 heavy (non-hydrogen) atoms. The largest absolute Gasteiger partial charge is 0.481 e. The highest BCUT2D eigenvalue weighted by atomic mass is 16.5. The highest BCUT2D eigenvalue weighted by Crippen LogP contribution is 2.07. The van der Waals surface area contributed by atoms with Crippen LogP contribution >= 0.6 is 0 Å². The number of carbonyl (C=O) groups is 2. The molecule has 0 rings (SSSR count). The van der Waals surface area contributed by atoms with Gasteiger partial charge in [-0.25, -0.2) is 0 Å². The topological polar surface area (TPSA) is 63.6 Å². The van der Waals surface area contributed by atoms with Crippen molar-refractivity contribution in [3.05, 3.63) is 36.5 Å². The Kier molecular flexibility index (Phi) is 24.5. The van der Waals surface area contributed by atoms with Crippen LogP contribution < -0.4 is 0 Å². The van der Waals surface area contributed by atoms with E-state index < -0.39 is 5.97 Å². The minimum Gasteiger partial charge on any atom is -0.481 e. The van der Waals surface area contributed by atoms with Crippen molar-refractivity contribution in [1.29, 1.82) is 0 Å². The van der Waals surface area contributed by atoms with E-state index in [-0.39, 0.29) is 5.97 Å². The van der Waals surface area contributed by atoms with Gasteiger partial charge in [0.1, 0.15) is 0 Å². The third kappa shape index (κ3) is 34.1. The highest BCUT2D eigenvalue weighted by molar-refractivity contribution is 5.66. The van der Waals surface area contributed by atoms with Crippen molar-refractivity contribution in [2.24, 2.45) is 5.92 Å². The lowest BCUT2D eigenvalue weighted by atomic mass is 10.1. The first kappa shape index (κ1) is 29.4. The molecule has 0 saturated heterocycles. The second kappa shape index (κ2) is 24.2. The number of rotatable bonds is 16. The summed E-state index contributed by atoms with van der Waals surface area (Å²) >= 11 is 0. The standard InChI is InChI=1S/C18H30O2.C7H14O2/c1-2-3-4-5-6-7-8-9-10-11-12-13-14-15-16-17-18(19)20;1-6(2)4-5-9-7(3)8/h3-4,6-7,9-10H,2,5,8,11-17H2,1H3,(H,19,20);6H,4-5H2,1-3H3/b4-3-,7-6-,10-9-;. The zero-order chi connectivity index (χ0) is 22.2. The quantitative estimate of drug-likeness (QED) is 0.166. The van der Waals surface area contributed by atoms with Gasteiger partial charge < -0.3 is 9.84 Å². The maximum Gasteiger partial charge on any atom is 0.303 e. The van der Waals surface area contributed by atoms with Crippen LogP contribution in [0.15, 0.2) is 36.5 Å². The lowest BCUT2D eigenvalue weighted by molar-refractivity contribution is -0.141. The first-order chi connectivity index (χ1) is 13.9. The molecule has 0 radical (unpaired) electrons. The second-order valence-electron chi connectivity index (χ2n) is 7.52. The number of carboxylic acids is 1. The number of carboxylic acid groups (broad SMARTS) is 1. The van der Waals surface area contributed by atoms with Gasteiger partial charge in [0.25, 0.3) is 0 Å². The number of ether oxygens (including phenoxy) is 1. The maximum absolute atomic E-state index is 10.3. The van der Waals surface area contributed by atoms with E-state index in [0.717, 1.165) is 51.4 Å². The van der Waals surface area contributed by atoms with Gasteiger partial charge in [0.05, 0.1) is 6.61 Å². The SMILES string of the molecule is CC(=O)OCCC(C)C.CC/C=C\C/C=C\C/C=C\CCCCCCCC(=O)O. The average Bonchev–Trinajstić information content (AvgIpc) is 2.64. The van der Waals surface area contributed by atoms with Gasteiger partial charge in [-0.3, -0.25) is 9.59 Å². The molecule has 0 aliphatic rings. The summed E-state index contributed by atoms with van der Waals surface area (Å²) in [6.07, 6.45) is 24.3. The number of unbranched alkanes of at least 4 members (excludes halogenated alkanes) is 5. The zero-order valence-electron chi connectivity index (χ0n) is 19.2. The molecule has 4 heteroatoms. The van der Waals surface area contributed by atoms with Crippen LogP contribution in [0, 0.1) is 5.92 Å². The Balaban J connectivity index is 0. The fourth-order valence-corrected chi connectivity index (χ4v) is 2.33. The molecule has 0 heterocycles. The van der Waals surface area contributed by atoms with Crippen molar-refractivity contribution >= 4 is 11.9 Å². The first-order valence-electron chi connectivity index (χ1n) is 11.2. The molecule has 0 aliphatic carbocycles. The summed E-state index contributed by atoms with van der Waals surface area (Å²) in [5.74, 6) is -0.244. The Morgan fingerprint density at radius 2 is 1.41 bits per heavy atom. The summed E-state index contributed by atoms with van der Waals surface area (Å²) < 4.78 is 4.71. The minimum absolute atomic E-state index is 0.185. The van der Waals surface area contributed by atoms with E-state index in [1.807, 2.05) is 0 Å². The summed E-state index contributed by atoms with van der Waals surface area (Å²) in [4.78, 5) is 20.5. The molecule has 1 N–H and O–H groups in total. The molecule has 0 aromatic carbocycles. The Morgan fingerprint density at radius 3 is 1.97 bits per heavy atom. The van der Waals surface area contributed by atoms with Crippen molar-refractivity contribution in [2.45, 2.75) is 98.3 Å². The van der Waals surface area contributed by atoms with Gasteiger partial charge in [-0.05, 0) is 50.9 Å². The number of aliphatic carboxylic acids is 1. The Morgan fingerprint density at radius 1 is 0.862 bits per heavy atom. The normalized spacial score (nSPS) is 11.3. The van der Waals surface area contributed by atoms with Gasteiger partial charge >= 0.3 is 11.9 Å². The monoisotopic (exact) mass is 408 g/mol. The zero-order valence-corrected chi connectivity index (χ0v) is 19.2. The molecule has 0 atom stereocenters. The van der Waals surface area contributed by atoms with E-state index in [1.165, 1.54) is 19.8 Å². The predicted molar refractivity (Wildman–Crippen MR) is 123 cm³/mol. The molecule has 168 valence electrons. The van der Waals surface area contributed by atoms with Crippen LogP contribution in [-0.2, 0) is 14.3 Å². The van der Waals surface area contributed by atoms with Crippen LogP contribution in [0.3, 0.4) is 0 Å². The predicted octanol–water partition coefficient (Wildman–Crippen LogP) is 7.26. The van der Waals surface area contributed by atoms with Crippen LogP contribution in [0.4, 0.5) is 0 Å². The molecular formula is C25H44O4. The smallest absolute Gasteiger partial charge is 0.303 e. The molecule has 0 aromatic rings. The van der Waals surface area contributed by atoms with Gasteiger partial charge in [0.15, 0.2) is 0 Å². The lowest BCUT2D eigenvalue weighted by Gasteiger charge is -2.02. The van der Waals surface area contributed by atoms with E-state index in [4.69, 9.17) is 9.84 Å². The van der Waals surface area contributed by atoms with E-state index in [9.17, 15) is 9.59 Å². The molecule has 0 unspecified atom stereocenters. The van der Waals surface area contributed by atoms with Gasteiger partial charge in [0, 0.05) is 13.3 Å². The summed E-state index contributed by atoms with van der Waals surface area (Å²) in [5, 5.41) is 8.50. The molecule has 0 aliphatic heterocycles. The fourth-order valence-electron chi connectivity index (χ4n) is 2.33. The summed E-state index contributed by atoms with van der Waals surface area (Å²) in [6.45, 7) is 8.34. The third-order valence-electron chi connectivity index (χ3n) is 4.04. The number of hydrogen-bond donors (Lipinski definition) is 1. The van der Waals surface area contributed by atoms with Gasteiger partial charge in [-0.2, -0.15) is 0 Å².